The van der Waals surface area contributed by atoms with Crippen molar-refractivity contribution in [1.82, 2.24) is 0 Å². The fourth-order valence-electron chi connectivity index (χ4n) is 2.06. The van der Waals surface area contributed by atoms with Crippen molar-refractivity contribution >= 4 is 27.5 Å². The molecule has 0 bridgehead atoms. The summed E-state index contributed by atoms with van der Waals surface area (Å²) in [5, 5.41) is 2.84. The van der Waals surface area contributed by atoms with Gasteiger partial charge in [-0.25, -0.2) is 4.39 Å². The summed E-state index contributed by atoms with van der Waals surface area (Å²) in [6.07, 6.45) is 0.752. The van der Waals surface area contributed by atoms with Gasteiger partial charge in [0.25, 0.3) is 0 Å². The Morgan fingerprint density at radius 2 is 2.05 bits per heavy atom. The fraction of sp³-hybridized carbons (Fsp3) is 0.235. The average Bonchev–Trinajstić information content (AvgIpc) is 2.48. The maximum Gasteiger partial charge on any atom is 0.224 e. The van der Waals surface area contributed by atoms with Crippen LogP contribution < -0.4 is 10.1 Å². The minimum absolute atomic E-state index is 0.110. The highest BCUT2D eigenvalue weighted by molar-refractivity contribution is 9.10. The van der Waals surface area contributed by atoms with E-state index in [1.807, 2.05) is 25.1 Å². The van der Waals surface area contributed by atoms with Gasteiger partial charge in [-0.05, 0) is 64.7 Å². The molecule has 0 aliphatic carbocycles. The van der Waals surface area contributed by atoms with Gasteiger partial charge in [-0.1, -0.05) is 12.1 Å². The standard InChI is InChI=1S/C17H17BrFNO2/c1-11-3-6-15(13(18)9-11)20-17(21)8-5-12-4-7-16(22-2)14(19)10-12/h3-4,6-7,9-10H,5,8H2,1-2H3,(H,20,21). The molecule has 2 rings (SSSR count). The Bertz CT molecular complexity index is 688. The van der Waals surface area contributed by atoms with Gasteiger partial charge in [0.05, 0.1) is 12.8 Å². The van der Waals surface area contributed by atoms with Gasteiger partial charge in [-0.3, -0.25) is 4.79 Å². The van der Waals surface area contributed by atoms with Crippen molar-refractivity contribution in [2.45, 2.75) is 19.8 Å². The summed E-state index contributed by atoms with van der Waals surface area (Å²) < 4.78 is 19.3. The van der Waals surface area contributed by atoms with Gasteiger partial charge in [-0.2, -0.15) is 0 Å². The quantitative estimate of drug-likeness (QED) is 0.848. The van der Waals surface area contributed by atoms with Crippen molar-refractivity contribution in [3.63, 3.8) is 0 Å². The summed E-state index contributed by atoms with van der Waals surface area (Å²) in [6.45, 7) is 1.98. The van der Waals surface area contributed by atoms with Gasteiger partial charge >= 0.3 is 0 Å². The Labute approximate surface area is 137 Å². The molecule has 0 saturated heterocycles. The lowest BCUT2D eigenvalue weighted by Crippen LogP contribution is -2.12. The van der Waals surface area contributed by atoms with E-state index in [-0.39, 0.29) is 18.1 Å². The van der Waals surface area contributed by atoms with E-state index in [0.29, 0.717) is 6.42 Å². The van der Waals surface area contributed by atoms with Crippen LogP contribution in [0, 0.1) is 12.7 Å². The third-order valence-electron chi connectivity index (χ3n) is 3.26. The summed E-state index contributed by atoms with van der Waals surface area (Å²) in [6, 6.07) is 10.4. The molecule has 2 aromatic rings. The molecule has 0 heterocycles. The minimum atomic E-state index is -0.415. The van der Waals surface area contributed by atoms with Crippen molar-refractivity contribution in [3.8, 4) is 5.75 Å². The number of hydrogen-bond acceptors (Lipinski definition) is 2. The molecule has 0 atom stereocenters. The maximum absolute atomic E-state index is 13.6. The molecule has 116 valence electrons. The van der Waals surface area contributed by atoms with Crippen LogP contribution in [0.1, 0.15) is 17.5 Å². The molecule has 1 N–H and O–H groups in total. The molecule has 0 saturated carbocycles. The van der Waals surface area contributed by atoms with Crippen molar-refractivity contribution in [3.05, 3.63) is 57.8 Å². The van der Waals surface area contributed by atoms with Crippen molar-refractivity contribution in [2.24, 2.45) is 0 Å². The van der Waals surface area contributed by atoms with Crippen LogP contribution in [0.4, 0.5) is 10.1 Å². The van der Waals surface area contributed by atoms with Crippen LogP contribution in [0.15, 0.2) is 40.9 Å². The Kier molecular flexibility index (Phi) is 5.55. The second-order valence-corrected chi connectivity index (χ2v) is 5.85. The smallest absolute Gasteiger partial charge is 0.224 e. The SMILES string of the molecule is COc1ccc(CCC(=O)Nc2ccc(C)cc2Br)cc1F. The van der Waals surface area contributed by atoms with Crippen molar-refractivity contribution in [2.75, 3.05) is 12.4 Å². The Balaban J connectivity index is 1.94. The second kappa shape index (κ2) is 7.40. The molecular formula is C17H17BrFNO2. The monoisotopic (exact) mass is 365 g/mol. The second-order valence-electron chi connectivity index (χ2n) is 5.00. The van der Waals surface area contributed by atoms with Gasteiger partial charge in [0.2, 0.25) is 5.91 Å². The van der Waals surface area contributed by atoms with Crippen LogP contribution in [0.25, 0.3) is 0 Å². The summed E-state index contributed by atoms with van der Waals surface area (Å²) in [5.41, 5.74) is 2.60. The van der Waals surface area contributed by atoms with Crippen LogP contribution in [-0.2, 0) is 11.2 Å². The highest BCUT2D eigenvalue weighted by Crippen LogP contribution is 2.24. The Morgan fingerprint density at radius 3 is 2.68 bits per heavy atom. The third kappa shape index (κ3) is 4.31. The minimum Gasteiger partial charge on any atom is -0.494 e. The molecule has 5 heteroatoms. The predicted octanol–water partition coefficient (Wildman–Crippen LogP) is 4.48. The maximum atomic E-state index is 13.6. The van der Waals surface area contributed by atoms with Crippen LogP contribution in [0.2, 0.25) is 0 Å². The first kappa shape index (κ1) is 16.5. The topological polar surface area (TPSA) is 38.3 Å². The van der Waals surface area contributed by atoms with E-state index in [0.717, 1.165) is 21.3 Å². The molecule has 3 nitrogen and oxygen atoms in total. The molecule has 1 amide bonds. The average molecular weight is 366 g/mol. The predicted molar refractivity (Wildman–Crippen MR) is 88.8 cm³/mol. The van der Waals surface area contributed by atoms with E-state index >= 15 is 0 Å². The number of benzene rings is 2. The van der Waals surface area contributed by atoms with E-state index in [4.69, 9.17) is 4.74 Å². The van der Waals surface area contributed by atoms with E-state index in [2.05, 4.69) is 21.2 Å². The highest BCUT2D eigenvalue weighted by atomic mass is 79.9. The van der Waals surface area contributed by atoms with Crippen molar-refractivity contribution < 1.29 is 13.9 Å². The number of amides is 1. The first-order valence-electron chi connectivity index (χ1n) is 6.88. The lowest BCUT2D eigenvalue weighted by Gasteiger charge is -2.09. The molecule has 0 fully saturated rings. The summed E-state index contributed by atoms with van der Waals surface area (Å²) in [5.74, 6) is -0.320. The number of carbonyl (C=O) groups excluding carboxylic acids is 1. The molecule has 0 spiro atoms. The number of aryl methyl sites for hydroxylation is 2. The number of rotatable bonds is 5. The molecule has 0 unspecified atom stereocenters. The summed E-state index contributed by atoms with van der Waals surface area (Å²) in [4.78, 5) is 12.0. The van der Waals surface area contributed by atoms with E-state index in [9.17, 15) is 9.18 Å². The zero-order valence-corrected chi connectivity index (χ0v) is 14.0. The first-order valence-corrected chi connectivity index (χ1v) is 7.67. The zero-order valence-electron chi connectivity index (χ0n) is 12.5. The summed E-state index contributed by atoms with van der Waals surface area (Å²) in [7, 11) is 1.42. The lowest BCUT2D eigenvalue weighted by atomic mass is 10.1. The van der Waals surface area contributed by atoms with E-state index in [1.165, 1.54) is 13.2 Å². The van der Waals surface area contributed by atoms with Crippen molar-refractivity contribution in [1.29, 1.82) is 0 Å². The molecule has 0 aromatic heterocycles. The van der Waals surface area contributed by atoms with Crippen LogP contribution >= 0.6 is 15.9 Å². The highest BCUT2D eigenvalue weighted by Gasteiger charge is 2.08. The number of nitrogens with one attached hydrogen (secondary N) is 1. The third-order valence-corrected chi connectivity index (χ3v) is 3.91. The first-order chi connectivity index (χ1) is 10.5. The van der Waals surface area contributed by atoms with Crippen LogP contribution in [0.3, 0.4) is 0 Å². The number of anilines is 1. The Hall–Kier alpha value is -1.88. The normalized spacial score (nSPS) is 10.4. The van der Waals surface area contributed by atoms with Gasteiger partial charge < -0.3 is 10.1 Å². The van der Waals surface area contributed by atoms with Gasteiger partial charge in [-0.15, -0.1) is 0 Å². The van der Waals surface area contributed by atoms with Crippen LogP contribution in [-0.4, -0.2) is 13.0 Å². The number of methoxy groups -OCH3 is 1. The van der Waals surface area contributed by atoms with Gasteiger partial charge in [0, 0.05) is 10.9 Å². The van der Waals surface area contributed by atoms with Gasteiger partial charge in [0.1, 0.15) is 0 Å². The van der Waals surface area contributed by atoms with Crippen LogP contribution in [0.5, 0.6) is 5.75 Å². The number of ether oxygens (including phenoxy) is 1. The molecule has 2 aromatic carbocycles. The molecule has 0 radical (unpaired) electrons. The summed E-state index contributed by atoms with van der Waals surface area (Å²) >= 11 is 3.42. The zero-order chi connectivity index (χ0) is 16.1. The van der Waals surface area contributed by atoms with E-state index < -0.39 is 5.82 Å². The molecule has 22 heavy (non-hydrogen) atoms. The van der Waals surface area contributed by atoms with Gasteiger partial charge in [0.15, 0.2) is 11.6 Å². The molecule has 0 aliphatic heterocycles. The molecular weight excluding hydrogens is 349 g/mol. The number of hydrogen-bond donors (Lipinski definition) is 1. The fourth-order valence-corrected chi connectivity index (χ4v) is 2.65. The van der Waals surface area contributed by atoms with E-state index in [1.54, 1.807) is 12.1 Å². The lowest BCUT2D eigenvalue weighted by molar-refractivity contribution is -0.116. The number of carbonyl (C=O) groups is 1. The number of halogens is 2. The molecule has 0 aliphatic rings. The largest absolute Gasteiger partial charge is 0.494 e. The Morgan fingerprint density at radius 1 is 1.27 bits per heavy atom.